The summed E-state index contributed by atoms with van der Waals surface area (Å²) < 4.78 is 0. The summed E-state index contributed by atoms with van der Waals surface area (Å²) in [7, 11) is 0. The lowest BCUT2D eigenvalue weighted by molar-refractivity contribution is -0.0425. The Kier molecular flexibility index (Phi) is 4.69. The summed E-state index contributed by atoms with van der Waals surface area (Å²) in [5.41, 5.74) is 0.424. The molecule has 1 unspecified atom stereocenters. The average molecular weight is 273 g/mol. The first-order chi connectivity index (χ1) is 9.88. The second kappa shape index (κ2) is 6.50. The smallest absolute Gasteiger partial charge is 0.0661 e. The summed E-state index contributed by atoms with van der Waals surface area (Å²) in [5, 5.41) is 9.84. The largest absolute Gasteiger partial charge is 0.198 e. The minimum Gasteiger partial charge on any atom is -0.198 e. The zero-order chi connectivity index (χ0) is 13.8. The third-order valence-electron chi connectivity index (χ3n) is 6.89. The fourth-order valence-corrected chi connectivity index (χ4v) is 6.00. The second-order valence-corrected chi connectivity index (χ2v) is 7.71. The fraction of sp³-hybridized carbons (Fsp3) is 0.947. The molecule has 0 saturated heterocycles. The zero-order valence-electron chi connectivity index (χ0n) is 13.1. The van der Waals surface area contributed by atoms with Gasteiger partial charge in [0.25, 0.3) is 0 Å². The molecule has 0 aromatic rings. The van der Waals surface area contributed by atoms with Gasteiger partial charge in [-0.05, 0) is 55.8 Å². The van der Waals surface area contributed by atoms with Crippen molar-refractivity contribution in [1.29, 1.82) is 5.26 Å². The van der Waals surface area contributed by atoms with Crippen molar-refractivity contribution < 1.29 is 0 Å². The van der Waals surface area contributed by atoms with Crippen molar-refractivity contribution in [2.24, 2.45) is 23.2 Å². The third kappa shape index (κ3) is 2.51. The molecule has 112 valence electrons. The van der Waals surface area contributed by atoms with E-state index in [0.29, 0.717) is 11.3 Å². The molecule has 0 heterocycles. The lowest BCUT2D eigenvalue weighted by atomic mass is 9.50. The van der Waals surface area contributed by atoms with Gasteiger partial charge in [-0.3, -0.25) is 0 Å². The highest BCUT2D eigenvalue weighted by molar-refractivity contribution is 5.07. The Balaban J connectivity index is 1.89. The van der Waals surface area contributed by atoms with Crippen LogP contribution in [0.1, 0.15) is 89.9 Å². The summed E-state index contributed by atoms with van der Waals surface area (Å²) in [6.07, 6.45) is 19.6. The van der Waals surface area contributed by atoms with Gasteiger partial charge in [0.2, 0.25) is 0 Å². The number of hydrogen-bond donors (Lipinski definition) is 0. The van der Waals surface area contributed by atoms with Crippen LogP contribution < -0.4 is 0 Å². The molecular weight excluding hydrogens is 242 g/mol. The second-order valence-electron chi connectivity index (χ2n) is 7.71. The van der Waals surface area contributed by atoms with Gasteiger partial charge in [0, 0.05) is 0 Å². The zero-order valence-corrected chi connectivity index (χ0v) is 13.1. The van der Waals surface area contributed by atoms with Crippen LogP contribution in [0.3, 0.4) is 0 Å². The van der Waals surface area contributed by atoms with E-state index in [9.17, 15) is 5.26 Å². The van der Waals surface area contributed by atoms with Gasteiger partial charge in [-0.15, -0.1) is 0 Å². The molecule has 3 saturated carbocycles. The molecule has 0 aromatic carbocycles. The van der Waals surface area contributed by atoms with Gasteiger partial charge < -0.3 is 0 Å². The molecule has 0 aliphatic heterocycles. The first kappa shape index (κ1) is 14.4. The Morgan fingerprint density at radius 1 is 0.650 bits per heavy atom. The minimum atomic E-state index is 0.377. The molecule has 0 radical (unpaired) electrons. The van der Waals surface area contributed by atoms with E-state index in [-0.39, 0.29) is 0 Å². The Bertz CT molecular complexity index is 323. The highest BCUT2D eigenvalue weighted by Crippen LogP contribution is 2.58. The van der Waals surface area contributed by atoms with Gasteiger partial charge in [-0.25, -0.2) is 0 Å². The molecule has 1 atom stereocenters. The lowest BCUT2D eigenvalue weighted by Gasteiger charge is -2.54. The van der Waals surface area contributed by atoms with Crippen LogP contribution in [0.4, 0.5) is 0 Å². The molecule has 3 aliphatic rings. The summed E-state index contributed by atoms with van der Waals surface area (Å²) >= 11 is 0. The van der Waals surface area contributed by atoms with Gasteiger partial charge >= 0.3 is 0 Å². The van der Waals surface area contributed by atoms with E-state index in [1.165, 1.54) is 89.9 Å². The van der Waals surface area contributed by atoms with Gasteiger partial charge in [0.1, 0.15) is 0 Å². The molecule has 3 rings (SSSR count). The molecule has 1 heteroatoms. The lowest BCUT2D eigenvalue weighted by Crippen LogP contribution is -2.47. The van der Waals surface area contributed by atoms with Crippen LogP contribution >= 0.6 is 0 Å². The van der Waals surface area contributed by atoms with E-state index in [0.717, 1.165) is 11.8 Å². The van der Waals surface area contributed by atoms with E-state index < -0.39 is 0 Å². The van der Waals surface area contributed by atoms with E-state index in [4.69, 9.17) is 0 Å². The Hall–Kier alpha value is -0.510. The van der Waals surface area contributed by atoms with Crippen LogP contribution in [0.5, 0.6) is 0 Å². The standard InChI is InChI=1S/C19H31N/c20-15-18-13-7-8-14-19(18,16-9-3-1-4-10-16)17-11-5-2-6-12-17/h16-18H,1-14H2. The van der Waals surface area contributed by atoms with Gasteiger partial charge in [-0.2, -0.15) is 5.26 Å². The summed E-state index contributed by atoms with van der Waals surface area (Å²) in [6, 6.07) is 2.79. The highest BCUT2D eigenvalue weighted by atomic mass is 14.6. The average Bonchev–Trinajstić information content (AvgIpc) is 2.56. The Morgan fingerprint density at radius 2 is 1.15 bits per heavy atom. The maximum absolute atomic E-state index is 9.84. The van der Waals surface area contributed by atoms with Crippen LogP contribution in [0.15, 0.2) is 0 Å². The molecule has 0 N–H and O–H groups in total. The predicted molar refractivity (Wildman–Crippen MR) is 83.2 cm³/mol. The molecule has 1 nitrogen and oxygen atoms in total. The first-order valence-electron chi connectivity index (χ1n) is 9.27. The van der Waals surface area contributed by atoms with Crippen LogP contribution in [0.2, 0.25) is 0 Å². The number of rotatable bonds is 2. The molecular formula is C19H31N. The van der Waals surface area contributed by atoms with Gasteiger partial charge in [0.15, 0.2) is 0 Å². The number of nitriles is 1. The monoisotopic (exact) mass is 273 g/mol. The molecule has 0 spiro atoms. The maximum atomic E-state index is 9.84. The van der Waals surface area contributed by atoms with Crippen molar-refractivity contribution in [3.63, 3.8) is 0 Å². The Morgan fingerprint density at radius 3 is 1.65 bits per heavy atom. The third-order valence-corrected chi connectivity index (χ3v) is 6.89. The topological polar surface area (TPSA) is 23.8 Å². The maximum Gasteiger partial charge on any atom is 0.0661 e. The van der Waals surface area contributed by atoms with Crippen molar-refractivity contribution in [2.75, 3.05) is 0 Å². The highest BCUT2D eigenvalue weighted by Gasteiger charge is 2.51. The van der Waals surface area contributed by atoms with Crippen molar-refractivity contribution in [3.05, 3.63) is 0 Å². The molecule has 3 aliphatic carbocycles. The van der Waals surface area contributed by atoms with Gasteiger partial charge in [0.05, 0.1) is 12.0 Å². The van der Waals surface area contributed by atoms with Crippen LogP contribution in [0, 0.1) is 34.5 Å². The Labute approximate surface area is 125 Å². The van der Waals surface area contributed by atoms with Crippen LogP contribution in [0.25, 0.3) is 0 Å². The number of hydrogen-bond acceptors (Lipinski definition) is 1. The van der Waals surface area contributed by atoms with Crippen molar-refractivity contribution >= 4 is 0 Å². The molecule has 20 heavy (non-hydrogen) atoms. The summed E-state index contributed by atoms with van der Waals surface area (Å²) in [6.45, 7) is 0. The SMILES string of the molecule is N#CC1CCCCC1(C1CCCCC1)C1CCCCC1. The van der Waals surface area contributed by atoms with Crippen molar-refractivity contribution in [2.45, 2.75) is 89.9 Å². The van der Waals surface area contributed by atoms with Crippen LogP contribution in [-0.4, -0.2) is 0 Å². The number of nitrogens with zero attached hydrogens (tertiary/aromatic N) is 1. The molecule has 0 amide bonds. The van der Waals surface area contributed by atoms with Crippen molar-refractivity contribution in [1.82, 2.24) is 0 Å². The van der Waals surface area contributed by atoms with E-state index >= 15 is 0 Å². The summed E-state index contributed by atoms with van der Waals surface area (Å²) in [4.78, 5) is 0. The molecule has 0 bridgehead atoms. The molecule has 3 fully saturated rings. The van der Waals surface area contributed by atoms with Crippen molar-refractivity contribution in [3.8, 4) is 6.07 Å². The first-order valence-corrected chi connectivity index (χ1v) is 9.27. The predicted octanol–water partition coefficient (Wildman–Crippen LogP) is 5.85. The van der Waals surface area contributed by atoms with Gasteiger partial charge in [-0.1, -0.05) is 51.4 Å². The quantitative estimate of drug-likeness (QED) is 0.619. The minimum absolute atomic E-state index is 0.377. The fourth-order valence-electron chi connectivity index (χ4n) is 6.00. The van der Waals surface area contributed by atoms with Crippen LogP contribution in [-0.2, 0) is 0 Å². The van der Waals surface area contributed by atoms with E-state index in [2.05, 4.69) is 6.07 Å². The summed E-state index contributed by atoms with van der Waals surface area (Å²) in [5.74, 6) is 2.14. The van der Waals surface area contributed by atoms with E-state index in [1.807, 2.05) is 0 Å². The molecule has 0 aromatic heterocycles. The van der Waals surface area contributed by atoms with E-state index in [1.54, 1.807) is 0 Å². The normalized spacial score (nSPS) is 32.6.